The van der Waals surface area contributed by atoms with Gasteiger partial charge in [0.25, 0.3) is 0 Å². The topological polar surface area (TPSA) is 149 Å². The van der Waals surface area contributed by atoms with E-state index in [0.29, 0.717) is 12.8 Å². The summed E-state index contributed by atoms with van der Waals surface area (Å²) >= 11 is 0. The van der Waals surface area contributed by atoms with E-state index in [1.54, 1.807) is 0 Å². The first-order chi connectivity index (χ1) is 43.3. The molecule has 9 nitrogen and oxygen atoms in total. The smallest absolute Gasteiger partial charge is 0.220 e. The van der Waals surface area contributed by atoms with Crippen molar-refractivity contribution in [2.24, 2.45) is 0 Å². The molecule has 0 aromatic carbocycles. The molecule has 0 bridgehead atoms. The van der Waals surface area contributed by atoms with Crippen LogP contribution in [0, 0.1) is 0 Å². The van der Waals surface area contributed by atoms with Gasteiger partial charge in [-0.05, 0) is 44.9 Å². The Labute approximate surface area is 547 Å². The number of unbranched alkanes of at least 4 members (excludes halogenated alkanes) is 57. The first-order valence-corrected chi connectivity index (χ1v) is 39.5. The first kappa shape index (κ1) is 84.7. The second kappa shape index (κ2) is 68.5. The van der Waals surface area contributed by atoms with E-state index in [2.05, 4.69) is 43.5 Å². The number of rotatable bonds is 71. The van der Waals surface area contributed by atoms with Gasteiger partial charge in [0.2, 0.25) is 5.91 Å². The van der Waals surface area contributed by atoms with Crippen LogP contribution in [-0.4, -0.2) is 87.5 Å². The Morgan fingerprint density at radius 1 is 0.386 bits per heavy atom. The molecule has 1 amide bonds. The minimum atomic E-state index is -1.55. The lowest BCUT2D eigenvalue weighted by atomic mass is 9.99. The van der Waals surface area contributed by atoms with Crippen molar-refractivity contribution in [1.82, 2.24) is 5.32 Å². The second-order valence-corrected chi connectivity index (χ2v) is 27.9. The highest BCUT2D eigenvalue weighted by atomic mass is 16.7. The predicted molar refractivity (Wildman–Crippen MR) is 378 cm³/mol. The Bertz CT molecular complexity index is 1440. The third-order valence-electron chi connectivity index (χ3n) is 19.3. The molecule has 522 valence electrons. The molecule has 0 spiro atoms. The highest BCUT2D eigenvalue weighted by Crippen LogP contribution is 2.24. The van der Waals surface area contributed by atoms with E-state index in [0.717, 1.165) is 44.9 Å². The number of aliphatic hydroxyl groups is 5. The number of nitrogens with one attached hydrogen (secondary N) is 1. The molecule has 1 rings (SSSR count). The van der Waals surface area contributed by atoms with Gasteiger partial charge >= 0.3 is 0 Å². The van der Waals surface area contributed by atoms with Gasteiger partial charge in [-0.15, -0.1) is 0 Å². The van der Waals surface area contributed by atoms with Crippen LogP contribution < -0.4 is 5.32 Å². The molecule has 88 heavy (non-hydrogen) atoms. The molecule has 0 aliphatic carbocycles. The predicted octanol–water partition coefficient (Wildman–Crippen LogP) is 22.4. The molecule has 0 radical (unpaired) electrons. The normalized spacial score (nSPS) is 17.9. The molecule has 6 N–H and O–H groups in total. The number of allylic oxidation sites excluding steroid dienone is 4. The summed E-state index contributed by atoms with van der Waals surface area (Å²) in [5.41, 5.74) is 0. The van der Waals surface area contributed by atoms with Crippen molar-refractivity contribution < 1.29 is 39.8 Å². The van der Waals surface area contributed by atoms with Crippen molar-refractivity contribution >= 4 is 5.91 Å². The number of hydrogen-bond donors (Lipinski definition) is 6. The van der Waals surface area contributed by atoms with Gasteiger partial charge in [-0.3, -0.25) is 4.79 Å². The van der Waals surface area contributed by atoms with E-state index in [1.165, 1.54) is 347 Å². The lowest BCUT2D eigenvalue weighted by molar-refractivity contribution is -0.302. The maximum Gasteiger partial charge on any atom is 0.220 e. The van der Waals surface area contributed by atoms with Gasteiger partial charge in [0.1, 0.15) is 24.4 Å². The summed E-state index contributed by atoms with van der Waals surface area (Å²) in [6.07, 6.45) is 84.3. The molecular formula is C79H153NO8. The van der Waals surface area contributed by atoms with Gasteiger partial charge in [0.15, 0.2) is 6.29 Å². The van der Waals surface area contributed by atoms with Crippen LogP contribution in [0.5, 0.6) is 0 Å². The summed E-state index contributed by atoms with van der Waals surface area (Å²) in [7, 11) is 0. The molecule has 1 saturated heterocycles. The van der Waals surface area contributed by atoms with E-state index >= 15 is 0 Å². The molecule has 0 saturated carbocycles. The quantitative estimate of drug-likeness (QED) is 0.0261. The molecular weight excluding hydrogens is 1090 g/mol. The molecule has 1 aliphatic rings. The summed E-state index contributed by atoms with van der Waals surface area (Å²) < 4.78 is 11.4. The van der Waals surface area contributed by atoms with Crippen LogP contribution in [0.25, 0.3) is 0 Å². The average molecular weight is 1250 g/mol. The Hall–Kier alpha value is -1.33. The SMILES string of the molecule is CCCCCCC/C=C\C/C=C\CCCCCCCCCCCCCCCCCCCCCCCCCCCCCCCC(=O)NC(COC1OC(CO)C(O)C(O)C1O)C(O)CCCCCCCCCCCCCCCCCCCCCCCCCC. The van der Waals surface area contributed by atoms with Gasteiger partial charge in [0, 0.05) is 6.42 Å². The minimum absolute atomic E-state index is 0.132. The summed E-state index contributed by atoms with van der Waals surface area (Å²) in [6.45, 7) is 3.89. The Morgan fingerprint density at radius 2 is 0.670 bits per heavy atom. The summed E-state index contributed by atoms with van der Waals surface area (Å²) in [5.74, 6) is -0.133. The third-order valence-corrected chi connectivity index (χ3v) is 19.3. The molecule has 0 aromatic rings. The maximum atomic E-state index is 13.2. The molecule has 9 heteroatoms. The van der Waals surface area contributed by atoms with E-state index in [-0.39, 0.29) is 12.5 Å². The van der Waals surface area contributed by atoms with Crippen LogP contribution in [-0.2, 0) is 14.3 Å². The Balaban J connectivity index is 2.01. The van der Waals surface area contributed by atoms with Crippen molar-refractivity contribution in [2.45, 2.75) is 461 Å². The number of aliphatic hydroxyl groups excluding tert-OH is 5. The number of carbonyl (C=O) groups excluding carboxylic acids is 1. The highest BCUT2D eigenvalue weighted by Gasteiger charge is 2.44. The minimum Gasteiger partial charge on any atom is -0.394 e. The van der Waals surface area contributed by atoms with Crippen LogP contribution >= 0.6 is 0 Å². The molecule has 7 unspecified atom stereocenters. The Kier molecular flexibility index (Phi) is 65.9. The van der Waals surface area contributed by atoms with E-state index in [9.17, 15) is 30.3 Å². The van der Waals surface area contributed by atoms with Crippen molar-refractivity contribution in [3.63, 3.8) is 0 Å². The van der Waals surface area contributed by atoms with Gasteiger partial charge in [-0.1, -0.05) is 391 Å². The third kappa shape index (κ3) is 56.2. The van der Waals surface area contributed by atoms with E-state index in [1.807, 2.05) is 0 Å². The zero-order chi connectivity index (χ0) is 63.5. The van der Waals surface area contributed by atoms with E-state index in [4.69, 9.17) is 9.47 Å². The summed E-state index contributed by atoms with van der Waals surface area (Å²) in [6, 6.07) is -0.717. The fourth-order valence-corrected chi connectivity index (χ4v) is 13.1. The molecule has 0 aromatic heterocycles. The molecule has 1 heterocycles. The van der Waals surface area contributed by atoms with Crippen molar-refractivity contribution in [1.29, 1.82) is 0 Å². The fourth-order valence-electron chi connectivity index (χ4n) is 13.1. The van der Waals surface area contributed by atoms with Gasteiger partial charge in [-0.25, -0.2) is 0 Å². The second-order valence-electron chi connectivity index (χ2n) is 27.9. The van der Waals surface area contributed by atoms with Crippen LogP contribution in [0.1, 0.15) is 418 Å². The summed E-state index contributed by atoms with van der Waals surface area (Å²) in [4.78, 5) is 13.2. The van der Waals surface area contributed by atoms with Gasteiger partial charge in [-0.2, -0.15) is 0 Å². The van der Waals surface area contributed by atoms with Crippen LogP contribution in [0.4, 0.5) is 0 Å². The fraction of sp³-hybridized carbons (Fsp3) is 0.937. The maximum absolute atomic E-state index is 13.2. The van der Waals surface area contributed by atoms with Crippen LogP contribution in [0.15, 0.2) is 24.3 Å². The number of carbonyl (C=O) groups is 1. The number of ether oxygens (including phenoxy) is 2. The number of hydrogen-bond acceptors (Lipinski definition) is 8. The van der Waals surface area contributed by atoms with E-state index < -0.39 is 49.5 Å². The standard InChI is InChI=1S/C79H153NO8/c1-3-5-7-9-11-13-15-17-19-21-23-25-27-29-30-31-32-33-34-35-36-37-38-39-40-41-42-43-44-45-47-49-51-53-55-57-59-61-63-65-67-69-75(83)80-72(71-87-79-78(86)77(85)76(84)74(70-81)88-79)73(82)68-66-64-62-60-58-56-54-52-50-48-46-28-26-24-22-20-18-16-14-12-10-8-6-4-2/h15,17,21,23,72-74,76-79,81-82,84-86H,3-14,16,18-20,22,24-71H2,1-2H3,(H,80,83)/b17-15-,23-21-. The molecule has 7 atom stereocenters. The summed E-state index contributed by atoms with van der Waals surface area (Å²) in [5, 5.41) is 55.0. The lowest BCUT2D eigenvalue weighted by Crippen LogP contribution is -2.60. The largest absolute Gasteiger partial charge is 0.394 e. The van der Waals surface area contributed by atoms with Crippen LogP contribution in [0.3, 0.4) is 0 Å². The molecule has 1 aliphatic heterocycles. The van der Waals surface area contributed by atoms with Crippen molar-refractivity contribution in [3.05, 3.63) is 24.3 Å². The zero-order valence-electron chi connectivity index (χ0n) is 58.8. The monoisotopic (exact) mass is 1240 g/mol. The average Bonchev–Trinajstić information content (AvgIpc) is 3.31. The van der Waals surface area contributed by atoms with Gasteiger partial charge in [0.05, 0.1) is 25.4 Å². The first-order valence-electron chi connectivity index (χ1n) is 39.5. The highest BCUT2D eigenvalue weighted by molar-refractivity contribution is 5.76. The molecule has 1 fully saturated rings. The van der Waals surface area contributed by atoms with Gasteiger partial charge < -0.3 is 40.3 Å². The lowest BCUT2D eigenvalue weighted by Gasteiger charge is -2.40. The number of amides is 1. The zero-order valence-corrected chi connectivity index (χ0v) is 58.8. The van der Waals surface area contributed by atoms with Crippen molar-refractivity contribution in [2.75, 3.05) is 13.2 Å². The van der Waals surface area contributed by atoms with Crippen molar-refractivity contribution in [3.8, 4) is 0 Å². The Morgan fingerprint density at radius 3 is 0.977 bits per heavy atom. The van der Waals surface area contributed by atoms with Crippen LogP contribution in [0.2, 0.25) is 0 Å².